The Balaban J connectivity index is 1.07. The molecule has 8 aromatic carbocycles. The Kier molecular flexibility index (Phi) is 8.34. The lowest BCUT2D eigenvalue weighted by Crippen LogP contribution is -2.34. The van der Waals surface area contributed by atoms with Crippen LogP contribution in [0.3, 0.4) is 0 Å². The summed E-state index contributed by atoms with van der Waals surface area (Å²) in [7, 11) is 0. The summed E-state index contributed by atoms with van der Waals surface area (Å²) < 4.78 is 6.51. The molecule has 1 aliphatic rings. The molecule has 0 bridgehead atoms. The van der Waals surface area contributed by atoms with Crippen LogP contribution in [0.15, 0.2) is 212 Å². The molecule has 264 valence electrons. The van der Waals surface area contributed by atoms with E-state index in [0.29, 0.717) is 17.5 Å². The molecule has 9 aromatic rings. The number of hydrogen-bond donors (Lipinski definition) is 0. The number of benzene rings is 8. The first-order chi connectivity index (χ1) is 27.7. The Hall–Kier alpha value is -7.43. The molecule has 0 N–H and O–H groups in total. The maximum absolute atomic E-state index is 6.51. The smallest absolute Gasteiger partial charge is 0.164 e. The van der Waals surface area contributed by atoms with E-state index in [2.05, 4.69) is 164 Å². The van der Waals surface area contributed by atoms with Crippen LogP contribution in [-0.2, 0) is 5.41 Å². The van der Waals surface area contributed by atoms with Gasteiger partial charge in [-0.25, -0.2) is 15.0 Å². The van der Waals surface area contributed by atoms with E-state index in [1.165, 1.54) is 11.1 Å². The number of hydrogen-bond acceptors (Lipinski definition) is 4. The minimum atomic E-state index is -0.569. The largest absolute Gasteiger partial charge is 0.457 e. The van der Waals surface area contributed by atoms with Crippen LogP contribution >= 0.6 is 0 Å². The highest BCUT2D eigenvalue weighted by molar-refractivity contribution is 5.76. The molecular weight excluding hydrogens is 683 g/mol. The minimum absolute atomic E-state index is 0.569. The maximum Gasteiger partial charge on any atom is 0.164 e. The molecule has 0 atom stereocenters. The van der Waals surface area contributed by atoms with Crippen LogP contribution in [0.5, 0.6) is 11.5 Å². The van der Waals surface area contributed by atoms with Crippen molar-refractivity contribution in [2.45, 2.75) is 5.41 Å². The predicted molar refractivity (Wildman–Crippen MR) is 225 cm³/mol. The molecule has 2 heterocycles. The van der Waals surface area contributed by atoms with E-state index in [1.54, 1.807) is 0 Å². The van der Waals surface area contributed by atoms with E-state index < -0.39 is 5.41 Å². The number of aromatic nitrogens is 3. The lowest BCUT2D eigenvalue weighted by atomic mass is 9.63. The van der Waals surface area contributed by atoms with Crippen molar-refractivity contribution in [2.24, 2.45) is 0 Å². The van der Waals surface area contributed by atoms with Gasteiger partial charge in [-0.2, -0.15) is 0 Å². The van der Waals surface area contributed by atoms with E-state index >= 15 is 0 Å². The van der Waals surface area contributed by atoms with E-state index in [9.17, 15) is 0 Å². The lowest BCUT2D eigenvalue weighted by molar-refractivity contribution is 0.434. The number of para-hydroxylation sites is 2. The average molecular weight is 718 g/mol. The third-order valence-electron chi connectivity index (χ3n) is 10.7. The highest BCUT2D eigenvalue weighted by Gasteiger charge is 2.45. The van der Waals surface area contributed by atoms with E-state index in [1.807, 2.05) is 48.5 Å². The lowest BCUT2D eigenvalue weighted by Gasteiger charge is -2.41. The van der Waals surface area contributed by atoms with Gasteiger partial charge in [-0.3, -0.25) is 0 Å². The predicted octanol–water partition coefficient (Wildman–Crippen LogP) is 12.7. The zero-order chi connectivity index (χ0) is 37.3. The quantitative estimate of drug-likeness (QED) is 0.165. The van der Waals surface area contributed by atoms with Gasteiger partial charge in [0.1, 0.15) is 11.5 Å². The van der Waals surface area contributed by atoms with Crippen molar-refractivity contribution in [3.63, 3.8) is 0 Å². The normalized spacial score (nSPS) is 12.6. The van der Waals surface area contributed by atoms with Crippen molar-refractivity contribution in [3.05, 3.63) is 235 Å². The second-order valence-corrected chi connectivity index (χ2v) is 14.0. The van der Waals surface area contributed by atoms with Crippen LogP contribution in [0, 0.1) is 0 Å². The van der Waals surface area contributed by atoms with Crippen LogP contribution in [0.25, 0.3) is 56.4 Å². The van der Waals surface area contributed by atoms with Crippen LogP contribution in [0.2, 0.25) is 0 Å². The van der Waals surface area contributed by atoms with Crippen LogP contribution in [-0.4, -0.2) is 15.0 Å². The van der Waals surface area contributed by atoms with Gasteiger partial charge in [0.05, 0.1) is 5.41 Å². The van der Waals surface area contributed by atoms with Crippen LogP contribution in [0.4, 0.5) is 0 Å². The molecule has 0 saturated heterocycles. The van der Waals surface area contributed by atoms with Crippen molar-refractivity contribution in [3.8, 4) is 67.9 Å². The van der Waals surface area contributed by atoms with Crippen molar-refractivity contribution in [1.29, 1.82) is 0 Å². The van der Waals surface area contributed by atoms with E-state index in [0.717, 1.165) is 61.6 Å². The van der Waals surface area contributed by atoms with E-state index in [4.69, 9.17) is 19.7 Å². The Morgan fingerprint density at radius 3 is 1.20 bits per heavy atom. The van der Waals surface area contributed by atoms with Crippen molar-refractivity contribution in [1.82, 2.24) is 15.0 Å². The van der Waals surface area contributed by atoms with Gasteiger partial charge in [0.2, 0.25) is 0 Å². The summed E-state index contributed by atoms with van der Waals surface area (Å²) in [5.41, 5.74) is 11.2. The fourth-order valence-electron chi connectivity index (χ4n) is 8.04. The van der Waals surface area contributed by atoms with Gasteiger partial charge >= 0.3 is 0 Å². The third kappa shape index (κ3) is 5.85. The highest BCUT2D eigenvalue weighted by atomic mass is 16.5. The van der Waals surface area contributed by atoms with E-state index in [-0.39, 0.29) is 0 Å². The van der Waals surface area contributed by atoms with Gasteiger partial charge < -0.3 is 4.74 Å². The molecule has 4 nitrogen and oxygen atoms in total. The van der Waals surface area contributed by atoms with Crippen molar-refractivity contribution in [2.75, 3.05) is 0 Å². The molecule has 0 fully saturated rings. The maximum atomic E-state index is 6.51. The highest BCUT2D eigenvalue weighted by Crippen LogP contribution is 2.55. The summed E-state index contributed by atoms with van der Waals surface area (Å²) in [5.74, 6) is 3.62. The first kappa shape index (κ1) is 33.2. The minimum Gasteiger partial charge on any atom is -0.457 e. The van der Waals surface area contributed by atoms with Gasteiger partial charge in [0.15, 0.2) is 17.5 Å². The second-order valence-electron chi connectivity index (χ2n) is 14.0. The molecule has 0 saturated carbocycles. The van der Waals surface area contributed by atoms with Gasteiger partial charge in [-0.05, 0) is 57.6 Å². The Bertz CT molecular complexity index is 2770. The van der Waals surface area contributed by atoms with Gasteiger partial charge in [-0.1, -0.05) is 188 Å². The molecule has 0 unspecified atom stereocenters. The standard InChI is InChI=1S/C52H35N3O/c1-4-16-36(17-5-1)39-20-14-22-41(34-39)50-53-49(38-18-6-2-7-19-38)54-51(55-50)42-23-15-21-40(35-42)37-30-32-44(33-31-37)52(43-24-8-3-9-25-43)45-26-10-12-28-47(45)56-48-29-13-11-27-46(48)52/h1-35H. The van der Waals surface area contributed by atoms with Crippen molar-refractivity contribution >= 4 is 0 Å². The third-order valence-corrected chi connectivity index (χ3v) is 10.7. The number of rotatable bonds is 7. The van der Waals surface area contributed by atoms with Gasteiger partial charge in [0.25, 0.3) is 0 Å². The summed E-state index contributed by atoms with van der Waals surface area (Å²) >= 11 is 0. The monoisotopic (exact) mass is 717 g/mol. The molecule has 4 heteroatoms. The summed E-state index contributed by atoms with van der Waals surface area (Å²) in [4.78, 5) is 15.1. The molecule has 10 rings (SSSR count). The number of nitrogens with zero attached hydrogens (tertiary/aromatic N) is 3. The Morgan fingerprint density at radius 1 is 0.286 bits per heavy atom. The van der Waals surface area contributed by atoms with Crippen LogP contribution < -0.4 is 4.74 Å². The molecule has 56 heavy (non-hydrogen) atoms. The molecule has 0 amide bonds. The fourth-order valence-corrected chi connectivity index (χ4v) is 8.04. The molecule has 0 spiro atoms. The number of ether oxygens (including phenoxy) is 1. The molecular formula is C52H35N3O. The average Bonchev–Trinajstić information content (AvgIpc) is 3.29. The number of fused-ring (bicyclic) bond motifs is 2. The fraction of sp³-hybridized carbons (Fsp3) is 0.0192. The Labute approximate surface area is 326 Å². The first-order valence-electron chi connectivity index (χ1n) is 18.9. The summed E-state index contributed by atoms with van der Waals surface area (Å²) in [5, 5.41) is 0. The van der Waals surface area contributed by atoms with Gasteiger partial charge in [0, 0.05) is 27.8 Å². The first-order valence-corrected chi connectivity index (χ1v) is 18.9. The topological polar surface area (TPSA) is 47.9 Å². The molecule has 0 radical (unpaired) electrons. The molecule has 1 aliphatic heterocycles. The van der Waals surface area contributed by atoms with Crippen LogP contribution in [0.1, 0.15) is 22.3 Å². The molecule has 0 aliphatic carbocycles. The summed E-state index contributed by atoms with van der Waals surface area (Å²) in [6.07, 6.45) is 0. The SMILES string of the molecule is c1ccc(-c2cccc(-c3nc(-c4ccccc4)nc(-c4cccc(-c5ccc(C6(c7ccccc7)c7ccccc7Oc7ccccc76)cc5)c4)n3)c2)cc1. The molecule has 1 aromatic heterocycles. The summed E-state index contributed by atoms with van der Waals surface area (Å²) in [6, 6.07) is 73.9. The Morgan fingerprint density at radius 2 is 0.661 bits per heavy atom. The summed E-state index contributed by atoms with van der Waals surface area (Å²) in [6.45, 7) is 0. The zero-order valence-electron chi connectivity index (χ0n) is 30.5. The second kappa shape index (κ2) is 14.1. The zero-order valence-corrected chi connectivity index (χ0v) is 30.5. The van der Waals surface area contributed by atoms with Crippen molar-refractivity contribution < 1.29 is 4.74 Å². The van der Waals surface area contributed by atoms with Gasteiger partial charge in [-0.15, -0.1) is 0 Å².